The van der Waals surface area contributed by atoms with Crippen LogP contribution in [0.3, 0.4) is 0 Å². The van der Waals surface area contributed by atoms with Gasteiger partial charge in [-0.05, 0) is 93.3 Å². The van der Waals surface area contributed by atoms with Crippen LogP contribution >= 0.6 is 0 Å². The summed E-state index contributed by atoms with van der Waals surface area (Å²) < 4.78 is 30.3. The lowest BCUT2D eigenvalue weighted by Crippen LogP contribution is -2.54. The van der Waals surface area contributed by atoms with Crippen LogP contribution in [-0.4, -0.2) is 134 Å². The number of pyridine rings is 1. The lowest BCUT2D eigenvalue weighted by Gasteiger charge is -2.43. The quantitative estimate of drug-likeness (QED) is 0.0749. The van der Waals surface area contributed by atoms with Gasteiger partial charge in [-0.25, -0.2) is 9.97 Å². The van der Waals surface area contributed by atoms with E-state index in [9.17, 15) is 14.7 Å². The molecule has 4 aromatic heterocycles. The molecule has 2 aromatic carbocycles. The summed E-state index contributed by atoms with van der Waals surface area (Å²) in [6.45, 7) is 12.9. The second-order valence-electron chi connectivity index (χ2n) is 21.5. The maximum atomic E-state index is 14.2. The van der Waals surface area contributed by atoms with Gasteiger partial charge >= 0.3 is 0 Å². The molecule has 19 heteroatoms. The molecule has 5 aliphatic rings. The first-order chi connectivity index (χ1) is 36.9. The van der Waals surface area contributed by atoms with Crippen LogP contribution in [0.1, 0.15) is 101 Å². The Labute approximate surface area is 443 Å². The summed E-state index contributed by atoms with van der Waals surface area (Å²) in [6, 6.07) is 22.6. The number of rotatable bonds is 18. The van der Waals surface area contributed by atoms with Crippen molar-refractivity contribution in [2.75, 3.05) is 61.4 Å². The third kappa shape index (κ3) is 10.9. The number of benzene rings is 2. The number of aromatic hydroxyl groups is 1. The highest BCUT2D eigenvalue weighted by atomic mass is 16.5. The molecule has 76 heavy (non-hydrogen) atoms. The Bertz CT molecular complexity index is 2960. The first-order valence-electron chi connectivity index (χ1n) is 27.1. The van der Waals surface area contributed by atoms with Crippen LogP contribution in [-0.2, 0) is 14.3 Å². The van der Waals surface area contributed by atoms with Gasteiger partial charge in [-0.3, -0.25) is 14.5 Å². The summed E-state index contributed by atoms with van der Waals surface area (Å²) >= 11 is 0. The molecule has 19 nitrogen and oxygen atoms in total. The molecule has 6 aromatic rings. The molecule has 4 aliphatic heterocycles. The van der Waals surface area contributed by atoms with E-state index in [1.165, 1.54) is 6.39 Å². The lowest BCUT2D eigenvalue weighted by atomic mass is 9.91. The van der Waals surface area contributed by atoms with Crippen molar-refractivity contribution >= 4 is 29.0 Å². The smallest absolute Gasteiger partial charge is 0.254 e. The third-order valence-electron chi connectivity index (χ3n) is 16.1. The van der Waals surface area contributed by atoms with Crippen LogP contribution in [0.2, 0.25) is 0 Å². The van der Waals surface area contributed by atoms with Gasteiger partial charge in [0.25, 0.3) is 5.88 Å². The number of nitrogen functional groups attached to an aromatic ring is 1. The topological polar surface area (TPSA) is 224 Å². The molecule has 0 radical (unpaired) electrons. The van der Waals surface area contributed by atoms with Crippen LogP contribution in [0.5, 0.6) is 17.5 Å². The summed E-state index contributed by atoms with van der Waals surface area (Å²) in [5.41, 5.74) is 12.3. The van der Waals surface area contributed by atoms with Crippen molar-refractivity contribution in [3.63, 3.8) is 0 Å². The highest BCUT2D eigenvalue weighted by molar-refractivity contribution is 5.91. The Morgan fingerprint density at radius 1 is 0.868 bits per heavy atom. The molecule has 11 rings (SSSR count). The number of piperazine rings is 1. The van der Waals surface area contributed by atoms with Crippen LogP contribution in [0.25, 0.3) is 22.6 Å². The minimum absolute atomic E-state index is 0.0647. The second kappa shape index (κ2) is 22.1. The number of piperidine rings is 1. The van der Waals surface area contributed by atoms with E-state index in [4.69, 9.17) is 28.9 Å². The molecular weight excluding hydrogens is 967 g/mol. The fourth-order valence-corrected chi connectivity index (χ4v) is 11.9. The van der Waals surface area contributed by atoms with Crippen molar-refractivity contribution < 1.29 is 37.8 Å². The zero-order chi connectivity index (χ0) is 52.5. The van der Waals surface area contributed by atoms with E-state index in [-0.39, 0.29) is 47.8 Å². The summed E-state index contributed by atoms with van der Waals surface area (Å²) in [5, 5.41) is 26.4. The molecule has 4 N–H and O–H groups in total. The van der Waals surface area contributed by atoms with Crippen LogP contribution < -0.4 is 30.3 Å². The van der Waals surface area contributed by atoms with Gasteiger partial charge in [0.1, 0.15) is 30.4 Å². The molecule has 5 fully saturated rings. The number of aryl methyl sites for hydroxylation is 1. The molecular formula is C57H69N11O8. The number of carbonyl (C=O) groups is 2. The number of nitrogens with two attached hydrogens (primary N) is 1. The zero-order valence-corrected chi connectivity index (χ0v) is 43.8. The summed E-state index contributed by atoms with van der Waals surface area (Å²) in [4.78, 5) is 45.6. The number of oxazole rings is 1. The maximum Gasteiger partial charge on any atom is 0.254 e. The van der Waals surface area contributed by atoms with Crippen molar-refractivity contribution in [2.24, 2.45) is 5.92 Å². The van der Waals surface area contributed by atoms with Gasteiger partial charge in [-0.2, -0.15) is 0 Å². The van der Waals surface area contributed by atoms with E-state index in [2.05, 4.69) is 57.5 Å². The number of hydrogen-bond donors (Lipinski definition) is 3. The molecule has 8 heterocycles. The Hall–Kier alpha value is -7.25. The predicted octanol–water partition coefficient (Wildman–Crippen LogP) is 7.71. The Balaban J connectivity index is 0.596. The largest absolute Gasteiger partial charge is 0.507 e. The molecule has 400 valence electrons. The molecule has 5 atom stereocenters. The third-order valence-corrected chi connectivity index (χ3v) is 16.1. The molecule has 0 spiro atoms. The van der Waals surface area contributed by atoms with Crippen molar-refractivity contribution in [3.8, 4) is 40.1 Å². The predicted molar refractivity (Wildman–Crippen MR) is 285 cm³/mol. The van der Waals surface area contributed by atoms with E-state index in [1.807, 2.05) is 76.4 Å². The minimum Gasteiger partial charge on any atom is -0.507 e. The highest BCUT2D eigenvalue weighted by Crippen LogP contribution is 2.41. The standard InChI is InChI=1S/C57H69N11O8/c1-34(2)53(57(71)67-21-7-9-47(67)56(70)61-35(3)37-11-13-38(14-12-37)54-36(4)60-33-73-54)50-30-52(64-76-50)72-25-24-65-22-18-42(19-23-65)74-43-27-44(28-43)75-51-26-39(17-20-59-51)68-40-15-16-41(68)32-66(31-40)48-29-46(62-63-55(48)58)45-8-5-6-10-49(45)69/h5-6,8,10-14,17,20,26,29-30,33-35,40-44,47,53,69H,7,9,15-16,18-19,21-25,27-28,31-32H2,1-4H3,(H2,58,63)(H,61,70)/t35-,40?,41?,43?,44?,47-,53?/m0/s1. The van der Waals surface area contributed by atoms with Gasteiger partial charge in [0.15, 0.2) is 23.7 Å². The van der Waals surface area contributed by atoms with E-state index in [1.54, 1.807) is 23.1 Å². The average molecular weight is 1040 g/mol. The van der Waals surface area contributed by atoms with Crippen molar-refractivity contribution in [1.29, 1.82) is 0 Å². The number of likely N-dealkylation sites (tertiary alicyclic amines) is 2. The number of anilines is 3. The first kappa shape index (κ1) is 50.9. The molecule has 3 unspecified atom stereocenters. The van der Waals surface area contributed by atoms with E-state index >= 15 is 0 Å². The summed E-state index contributed by atoms with van der Waals surface area (Å²) in [6.07, 6.45) is 10.8. The SMILES string of the molecule is Cc1ncoc1-c1ccc([C@H](C)NC(=O)[C@@H]2CCCN2C(=O)C(c2cc(OCCN3CCC(OC4CC(Oc5cc(N6C7CCC6CN(c6cc(-c8ccccc8O)nnc6N)C7)ccn5)C4)CC3)no2)C(C)C)cc1. The maximum absolute atomic E-state index is 14.2. The highest BCUT2D eigenvalue weighted by Gasteiger charge is 2.43. The number of phenolic OH excluding ortho intramolecular Hbond substituents is 1. The first-order valence-corrected chi connectivity index (χ1v) is 27.1. The van der Waals surface area contributed by atoms with Gasteiger partial charge in [0.05, 0.1) is 35.3 Å². The number of nitrogens with one attached hydrogen (secondary N) is 1. The fourth-order valence-electron chi connectivity index (χ4n) is 11.9. The van der Waals surface area contributed by atoms with Crippen LogP contribution in [0, 0.1) is 12.8 Å². The summed E-state index contributed by atoms with van der Waals surface area (Å²) in [7, 11) is 0. The van der Waals surface area contributed by atoms with Crippen molar-refractivity contribution in [2.45, 2.75) is 127 Å². The molecule has 1 saturated carbocycles. The molecule has 1 aliphatic carbocycles. The van der Waals surface area contributed by atoms with Gasteiger partial charge in [0.2, 0.25) is 17.7 Å². The van der Waals surface area contributed by atoms with Crippen molar-refractivity contribution in [3.05, 3.63) is 102 Å². The van der Waals surface area contributed by atoms with Gasteiger partial charge in [-0.1, -0.05) is 50.2 Å². The zero-order valence-electron chi connectivity index (χ0n) is 43.8. The van der Waals surface area contributed by atoms with Crippen LogP contribution in [0.4, 0.5) is 17.2 Å². The summed E-state index contributed by atoms with van der Waals surface area (Å²) in [5.74, 6) is 1.68. The van der Waals surface area contributed by atoms with Gasteiger partial charge in [-0.15, -0.1) is 10.2 Å². The Morgan fingerprint density at radius 3 is 2.38 bits per heavy atom. The van der Waals surface area contributed by atoms with Gasteiger partial charge < -0.3 is 54.0 Å². The second-order valence-corrected chi connectivity index (χ2v) is 21.5. The number of nitrogens with zero attached hydrogens (tertiary/aromatic N) is 9. The molecule has 2 bridgehead atoms. The molecule has 2 amide bonds. The number of fused-ring (bicyclic) bond motifs is 2. The van der Waals surface area contributed by atoms with E-state index < -0.39 is 12.0 Å². The minimum atomic E-state index is -0.608. The van der Waals surface area contributed by atoms with E-state index in [0.717, 1.165) is 112 Å². The van der Waals surface area contributed by atoms with Crippen molar-refractivity contribution in [1.82, 2.24) is 40.4 Å². The lowest BCUT2D eigenvalue weighted by molar-refractivity contribution is -0.141. The van der Waals surface area contributed by atoms with Crippen LogP contribution in [0.15, 0.2) is 94.3 Å². The molecule has 4 saturated heterocycles. The fraction of sp³-hybridized carbons (Fsp3) is 0.491. The number of amides is 2. The number of hydrogen-bond acceptors (Lipinski definition) is 17. The number of ether oxygens (including phenoxy) is 3. The average Bonchev–Trinajstić information content (AvgIpc) is 4.24. The van der Waals surface area contributed by atoms with E-state index in [0.29, 0.717) is 66.3 Å². The number of aromatic nitrogens is 5. The Morgan fingerprint density at radius 2 is 1.64 bits per heavy atom. The number of phenols is 1. The number of carbonyl (C=O) groups excluding carboxylic acids is 2. The monoisotopic (exact) mass is 1040 g/mol. The Kier molecular flexibility index (Phi) is 14.8. The normalized spacial score (nSPS) is 22.6. The number of para-hydroxylation sites is 1. The van der Waals surface area contributed by atoms with Gasteiger partial charge in [0, 0.05) is 99.3 Å².